The zero-order valence-corrected chi connectivity index (χ0v) is 17.8. The fourth-order valence-electron chi connectivity index (χ4n) is 3.16. The van der Waals surface area contributed by atoms with E-state index in [9.17, 15) is 5.11 Å². The maximum absolute atomic E-state index is 9.43. The molecule has 1 aromatic rings. The Balaban J connectivity index is 0.00000312. The van der Waals surface area contributed by atoms with E-state index in [1.165, 1.54) is 13.0 Å². The normalized spacial score (nSPS) is 16.4. The summed E-state index contributed by atoms with van der Waals surface area (Å²) < 4.78 is 0. The molecule has 0 radical (unpaired) electrons. The summed E-state index contributed by atoms with van der Waals surface area (Å²) >= 11 is 0. The van der Waals surface area contributed by atoms with Crippen molar-refractivity contribution >= 4 is 29.9 Å². The Kier molecular flexibility index (Phi) is 11.1. The Morgan fingerprint density at radius 3 is 2.48 bits per heavy atom. The number of aliphatic imine (C=N–C) groups is 1. The minimum atomic E-state index is 0. The van der Waals surface area contributed by atoms with Crippen LogP contribution in [0.5, 0.6) is 0 Å². The lowest BCUT2D eigenvalue weighted by molar-refractivity contribution is 0.206. The first-order chi connectivity index (χ1) is 11.8. The number of benzene rings is 1. The third kappa shape index (κ3) is 7.50. The standard InChI is InChI=1S/C19H32N4O.HI/c1-3-11-23-12-9-18(10-13-23)22-19(20-4-2)21-14-16-7-5-6-8-17(16)15-24;/h5-8,18,24H,3-4,9-15H2,1-2H3,(H2,20,21,22);1H. The van der Waals surface area contributed by atoms with Gasteiger partial charge in [-0.2, -0.15) is 0 Å². The zero-order chi connectivity index (χ0) is 17.2. The Morgan fingerprint density at radius 2 is 1.88 bits per heavy atom. The molecule has 1 heterocycles. The van der Waals surface area contributed by atoms with Crippen molar-refractivity contribution in [1.82, 2.24) is 15.5 Å². The summed E-state index contributed by atoms with van der Waals surface area (Å²) in [5, 5.41) is 16.3. The van der Waals surface area contributed by atoms with Gasteiger partial charge in [0.15, 0.2) is 5.96 Å². The van der Waals surface area contributed by atoms with Crippen LogP contribution in [0.3, 0.4) is 0 Å². The summed E-state index contributed by atoms with van der Waals surface area (Å²) in [4.78, 5) is 7.25. The van der Waals surface area contributed by atoms with E-state index in [0.717, 1.165) is 49.6 Å². The molecule has 5 nitrogen and oxygen atoms in total. The quantitative estimate of drug-likeness (QED) is 0.333. The molecule has 1 aromatic carbocycles. The number of hydrogen-bond acceptors (Lipinski definition) is 3. The number of aliphatic hydroxyl groups is 1. The number of piperidine rings is 1. The SMILES string of the molecule is CCCN1CCC(NC(=NCc2ccccc2CO)NCC)CC1.I. The van der Waals surface area contributed by atoms with Gasteiger partial charge < -0.3 is 20.6 Å². The van der Waals surface area contributed by atoms with Gasteiger partial charge in [-0.15, -0.1) is 24.0 Å². The van der Waals surface area contributed by atoms with Gasteiger partial charge in [-0.05, 0) is 43.9 Å². The van der Waals surface area contributed by atoms with Crippen LogP contribution in [-0.4, -0.2) is 48.2 Å². The number of nitrogens with zero attached hydrogens (tertiary/aromatic N) is 2. The van der Waals surface area contributed by atoms with Crippen LogP contribution in [0.1, 0.15) is 44.2 Å². The average molecular weight is 460 g/mol. The number of guanidine groups is 1. The van der Waals surface area contributed by atoms with Crippen LogP contribution in [0.2, 0.25) is 0 Å². The molecule has 0 amide bonds. The summed E-state index contributed by atoms with van der Waals surface area (Å²) in [6.07, 6.45) is 3.56. The third-order valence-corrected chi connectivity index (χ3v) is 4.51. The molecule has 0 atom stereocenters. The van der Waals surface area contributed by atoms with E-state index in [4.69, 9.17) is 4.99 Å². The van der Waals surface area contributed by atoms with Crippen LogP contribution in [0.4, 0.5) is 0 Å². The minimum absolute atomic E-state index is 0. The summed E-state index contributed by atoms with van der Waals surface area (Å²) in [5.74, 6) is 0.874. The summed E-state index contributed by atoms with van der Waals surface area (Å²) in [7, 11) is 0. The lowest BCUT2D eigenvalue weighted by Gasteiger charge is -2.32. The van der Waals surface area contributed by atoms with Gasteiger partial charge in [-0.3, -0.25) is 0 Å². The fraction of sp³-hybridized carbons (Fsp3) is 0.632. The van der Waals surface area contributed by atoms with Crippen LogP contribution in [-0.2, 0) is 13.2 Å². The van der Waals surface area contributed by atoms with Crippen molar-refractivity contribution in [2.45, 2.75) is 52.3 Å². The predicted octanol–water partition coefficient (Wildman–Crippen LogP) is 2.73. The van der Waals surface area contributed by atoms with Crippen LogP contribution in [0, 0.1) is 0 Å². The second-order valence-corrected chi connectivity index (χ2v) is 6.38. The highest BCUT2D eigenvalue weighted by Crippen LogP contribution is 2.12. The first-order valence-electron chi connectivity index (χ1n) is 9.21. The molecule has 1 saturated heterocycles. The minimum Gasteiger partial charge on any atom is -0.392 e. The lowest BCUT2D eigenvalue weighted by Crippen LogP contribution is -2.48. The van der Waals surface area contributed by atoms with Crippen LogP contribution in [0.15, 0.2) is 29.3 Å². The monoisotopic (exact) mass is 460 g/mol. The van der Waals surface area contributed by atoms with Crippen molar-refractivity contribution in [1.29, 1.82) is 0 Å². The number of likely N-dealkylation sites (tertiary alicyclic amines) is 1. The first kappa shape index (κ1) is 22.2. The van der Waals surface area contributed by atoms with Crippen molar-refractivity contribution in [3.63, 3.8) is 0 Å². The molecule has 1 aliphatic heterocycles. The molecule has 2 rings (SSSR count). The number of rotatable bonds is 7. The summed E-state index contributed by atoms with van der Waals surface area (Å²) in [6, 6.07) is 8.42. The van der Waals surface area contributed by atoms with E-state index < -0.39 is 0 Å². The molecule has 1 fully saturated rings. The molecule has 142 valence electrons. The Labute approximate surface area is 169 Å². The molecule has 0 aromatic heterocycles. The fourth-order valence-corrected chi connectivity index (χ4v) is 3.16. The van der Waals surface area contributed by atoms with E-state index in [1.54, 1.807) is 0 Å². The van der Waals surface area contributed by atoms with E-state index in [-0.39, 0.29) is 30.6 Å². The van der Waals surface area contributed by atoms with Gasteiger partial charge in [0, 0.05) is 25.7 Å². The van der Waals surface area contributed by atoms with Crippen molar-refractivity contribution in [2.75, 3.05) is 26.2 Å². The number of halogens is 1. The Bertz CT molecular complexity index is 516. The van der Waals surface area contributed by atoms with Gasteiger partial charge >= 0.3 is 0 Å². The number of aliphatic hydroxyl groups excluding tert-OH is 1. The number of nitrogens with one attached hydrogen (secondary N) is 2. The average Bonchev–Trinajstić information content (AvgIpc) is 2.62. The molecule has 0 spiro atoms. The molecule has 0 unspecified atom stereocenters. The molecule has 0 bridgehead atoms. The Hall–Kier alpha value is -0.860. The highest BCUT2D eigenvalue weighted by atomic mass is 127. The summed E-state index contributed by atoms with van der Waals surface area (Å²) in [6.45, 7) is 9.36. The second kappa shape index (κ2) is 12.5. The van der Waals surface area contributed by atoms with Gasteiger partial charge in [-0.25, -0.2) is 4.99 Å². The van der Waals surface area contributed by atoms with Gasteiger partial charge in [-0.1, -0.05) is 31.2 Å². The van der Waals surface area contributed by atoms with Crippen LogP contribution in [0.25, 0.3) is 0 Å². The summed E-state index contributed by atoms with van der Waals surface area (Å²) in [5.41, 5.74) is 2.03. The molecule has 0 saturated carbocycles. The van der Waals surface area contributed by atoms with Crippen LogP contribution < -0.4 is 10.6 Å². The molecular formula is C19H33IN4O. The molecule has 1 aliphatic rings. The maximum Gasteiger partial charge on any atom is 0.191 e. The zero-order valence-electron chi connectivity index (χ0n) is 15.5. The lowest BCUT2D eigenvalue weighted by atomic mass is 10.1. The molecule has 3 N–H and O–H groups in total. The van der Waals surface area contributed by atoms with Gasteiger partial charge in [0.2, 0.25) is 0 Å². The second-order valence-electron chi connectivity index (χ2n) is 6.38. The Morgan fingerprint density at radius 1 is 1.20 bits per heavy atom. The van der Waals surface area contributed by atoms with Crippen molar-refractivity contribution in [3.05, 3.63) is 35.4 Å². The highest BCUT2D eigenvalue weighted by molar-refractivity contribution is 14.0. The maximum atomic E-state index is 9.43. The molecule has 0 aliphatic carbocycles. The van der Waals surface area contributed by atoms with Gasteiger partial charge in [0.05, 0.1) is 13.2 Å². The molecule has 25 heavy (non-hydrogen) atoms. The molecular weight excluding hydrogens is 427 g/mol. The topological polar surface area (TPSA) is 59.9 Å². The smallest absolute Gasteiger partial charge is 0.191 e. The predicted molar refractivity (Wildman–Crippen MR) is 115 cm³/mol. The van der Waals surface area contributed by atoms with Crippen LogP contribution >= 0.6 is 24.0 Å². The van der Waals surface area contributed by atoms with Gasteiger partial charge in [0.25, 0.3) is 0 Å². The van der Waals surface area contributed by atoms with Crippen molar-refractivity contribution in [2.24, 2.45) is 4.99 Å². The largest absolute Gasteiger partial charge is 0.392 e. The van der Waals surface area contributed by atoms with E-state index in [1.807, 2.05) is 24.3 Å². The highest BCUT2D eigenvalue weighted by Gasteiger charge is 2.19. The third-order valence-electron chi connectivity index (χ3n) is 4.51. The molecule has 6 heteroatoms. The first-order valence-corrected chi connectivity index (χ1v) is 9.21. The van der Waals surface area contributed by atoms with E-state index in [2.05, 4.69) is 29.4 Å². The van der Waals surface area contributed by atoms with Crippen molar-refractivity contribution in [3.8, 4) is 0 Å². The number of hydrogen-bond donors (Lipinski definition) is 3. The van der Waals surface area contributed by atoms with Crippen molar-refractivity contribution < 1.29 is 5.11 Å². The van der Waals surface area contributed by atoms with E-state index in [0.29, 0.717) is 12.6 Å². The van der Waals surface area contributed by atoms with E-state index >= 15 is 0 Å². The van der Waals surface area contributed by atoms with Gasteiger partial charge in [0.1, 0.15) is 0 Å².